The lowest BCUT2D eigenvalue weighted by molar-refractivity contribution is -0.385. The topological polar surface area (TPSA) is 119 Å². The highest BCUT2D eigenvalue weighted by molar-refractivity contribution is 6.05. The van der Waals surface area contributed by atoms with Crippen LogP contribution in [-0.2, 0) is 0 Å². The van der Waals surface area contributed by atoms with E-state index in [2.05, 4.69) is 15.5 Å². The smallest absolute Gasteiger partial charge is 0.322 e. The molecule has 0 radical (unpaired) electrons. The number of anilines is 1. The molecule has 0 aliphatic carbocycles. The Morgan fingerprint density at radius 1 is 1.11 bits per heavy atom. The summed E-state index contributed by atoms with van der Waals surface area (Å²) in [6, 6.07) is 13.8. The highest BCUT2D eigenvalue weighted by atomic mass is 16.6. The Balaban J connectivity index is 1.66. The van der Waals surface area contributed by atoms with E-state index in [-0.39, 0.29) is 17.1 Å². The Labute approximate surface area is 160 Å². The molecular weight excluding hydrogens is 364 g/mol. The summed E-state index contributed by atoms with van der Waals surface area (Å²) < 4.78 is 11.1. The second-order valence-corrected chi connectivity index (χ2v) is 5.79. The predicted octanol–water partition coefficient (Wildman–Crippen LogP) is 4.07. The van der Waals surface area contributed by atoms with Gasteiger partial charge in [-0.25, -0.2) is 0 Å². The van der Waals surface area contributed by atoms with Crippen LogP contribution in [0.3, 0.4) is 0 Å². The maximum atomic E-state index is 12.3. The minimum Gasteiger partial charge on any atom is -0.494 e. The summed E-state index contributed by atoms with van der Waals surface area (Å²) in [6.07, 6.45) is 0. The molecule has 0 aliphatic heterocycles. The van der Waals surface area contributed by atoms with Crippen LogP contribution in [0.2, 0.25) is 0 Å². The Morgan fingerprint density at radius 2 is 1.68 bits per heavy atom. The molecule has 0 saturated carbocycles. The van der Waals surface area contributed by atoms with Gasteiger partial charge in [-0.05, 0) is 62.4 Å². The number of hydrogen-bond donors (Lipinski definition) is 2. The lowest BCUT2D eigenvalue weighted by atomic mass is 10.2. The Morgan fingerprint density at radius 3 is 2.25 bits per heavy atom. The number of nitrogens with zero attached hydrogens (tertiary/aromatic N) is 2. The van der Waals surface area contributed by atoms with Crippen LogP contribution in [0.5, 0.6) is 17.2 Å². The first kappa shape index (κ1) is 18.9. The molecule has 1 heterocycles. The minimum atomic E-state index is -0.670. The molecule has 0 unspecified atom stereocenters. The number of hydrogen-bond acceptors (Lipinski definition) is 6. The molecule has 1 amide bonds. The average molecular weight is 382 g/mol. The summed E-state index contributed by atoms with van der Waals surface area (Å²) >= 11 is 0. The van der Waals surface area contributed by atoms with Crippen LogP contribution in [0.4, 0.5) is 11.4 Å². The van der Waals surface area contributed by atoms with Crippen molar-refractivity contribution in [3.05, 3.63) is 70.0 Å². The van der Waals surface area contributed by atoms with E-state index >= 15 is 0 Å². The molecule has 3 aromatic rings. The number of H-pyrrole nitrogens is 1. The Hall–Kier alpha value is -3.88. The number of benzene rings is 2. The first-order valence-electron chi connectivity index (χ1n) is 8.49. The van der Waals surface area contributed by atoms with Crippen LogP contribution in [0.15, 0.2) is 48.5 Å². The van der Waals surface area contributed by atoms with Gasteiger partial charge in [0.15, 0.2) is 0 Å². The molecule has 0 saturated heterocycles. The number of amides is 1. The van der Waals surface area contributed by atoms with E-state index in [0.29, 0.717) is 23.8 Å². The third-order valence-electron chi connectivity index (χ3n) is 3.80. The van der Waals surface area contributed by atoms with Crippen molar-refractivity contribution in [2.75, 3.05) is 11.9 Å². The van der Waals surface area contributed by atoms with Gasteiger partial charge in [-0.15, -0.1) is 0 Å². The highest BCUT2D eigenvalue weighted by Gasteiger charge is 2.27. The van der Waals surface area contributed by atoms with E-state index in [1.54, 1.807) is 36.4 Å². The van der Waals surface area contributed by atoms with Crippen molar-refractivity contribution >= 4 is 17.3 Å². The minimum absolute atomic E-state index is 0.217. The Kier molecular flexibility index (Phi) is 5.54. The van der Waals surface area contributed by atoms with Crippen molar-refractivity contribution in [1.29, 1.82) is 0 Å². The first-order chi connectivity index (χ1) is 13.5. The fraction of sp³-hybridized carbons (Fsp3) is 0.158. The van der Waals surface area contributed by atoms with Crippen LogP contribution in [-0.4, -0.2) is 27.6 Å². The van der Waals surface area contributed by atoms with Gasteiger partial charge in [0.25, 0.3) is 5.91 Å². The van der Waals surface area contributed by atoms with Crippen molar-refractivity contribution < 1.29 is 19.2 Å². The monoisotopic (exact) mass is 382 g/mol. The van der Waals surface area contributed by atoms with Gasteiger partial charge in [0.05, 0.1) is 11.5 Å². The zero-order chi connectivity index (χ0) is 20.1. The molecule has 2 N–H and O–H groups in total. The van der Waals surface area contributed by atoms with Crippen molar-refractivity contribution in [3.8, 4) is 17.2 Å². The van der Waals surface area contributed by atoms with E-state index in [1.807, 2.05) is 19.1 Å². The van der Waals surface area contributed by atoms with E-state index in [1.165, 1.54) is 6.92 Å². The van der Waals surface area contributed by atoms with Crippen molar-refractivity contribution in [3.63, 3.8) is 0 Å². The lowest BCUT2D eigenvalue weighted by Gasteiger charge is -2.08. The zero-order valence-corrected chi connectivity index (χ0v) is 15.3. The second-order valence-electron chi connectivity index (χ2n) is 5.79. The fourth-order valence-corrected chi connectivity index (χ4v) is 2.51. The summed E-state index contributed by atoms with van der Waals surface area (Å²) in [7, 11) is 0. The molecule has 0 fully saturated rings. The number of nitro groups is 1. The van der Waals surface area contributed by atoms with Gasteiger partial charge in [0, 0.05) is 5.69 Å². The van der Waals surface area contributed by atoms with Gasteiger partial charge < -0.3 is 14.8 Å². The van der Waals surface area contributed by atoms with E-state index in [4.69, 9.17) is 9.47 Å². The SMILES string of the molecule is CCOc1ccc(Oc2ccc(NC(=O)c3n[nH]c(C)c3[N+](=O)[O-])cc2)cc1. The number of carbonyl (C=O) groups excluding carboxylic acids is 1. The summed E-state index contributed by atoms with van der Waals surface area (Å²) in [4.78, 5) is 22.7. The zero-order valence-electron chi connectivity index (χ0n) is 15.3. The first-order valence-corrected chi connectivity index (χ1v) is 8.49. The van der Waals surface area contributed by atoms with E-state index in [0.717, 1.165) is 5.75 Å². The van der Waals surface area contributed by atoms with E-state index < -0.39 is 10.8 Å². The standard InChI is InChI=1S/C19H18N4O5/c1-3-27-14-8-10-16(11-9-14)28-15-6-4-13(5-7-15)20-19(24)17-18(23(25)26)12(2)21-22-17/h4-11H,3H2,1-2H3,(H,20,24)(H,21,22). The van der Waals surface area contributed by atoms with Crippen molar-refractivity contribution in [2.45, 2.75) is 13.8 Å². The maximum Gasteiger partial charge on any atom is 0.322 e. The van der Waals surface area contributed by atoms with Crippen molar-refractivity contribution in [1.82, 2.24) is 10.2 Å². The second kappa shape index (κ2) is 8.21. The molecule has 0 aliphatic rings. The molecule has 0 atom stereocenters. The van der Waals surface area contributed by atoms with Gasteiger partial charge in [-0.2, -0.15) is 5.10 Å². The highest BCUT2D eigenvalue weighted by Crippen LogP contribution is 2.26. The van der Waals surface area contributed by atoms with Crippen LogP contribution in [0.25, 0.3) is 0 Å². The summed E-state index contributed by atoms with van der Waals surface area (Å²) in [5.74, 6) is 1.30. The number of ether oxygens (including phenoxy) is 2. The number of carbonyl (C=O) groups is 1. The number of nitrogens with one attached hydrogen (secondary N) is 2. The van der Waals surface area contributed by atoms with Gasteiger partial charge in [0.2, 0.25) is 5.69 Å². The van der Waals surface area contributed by atoms with Gasteiger partial charge in [0.1, 0.15) is 22.9 Å². The van der Waals surface area contributed by atoms with Gasteiger partial charge in [-0.1, -0.05) is 0 Å². The molecule has 28 heavy (non-hydrogen) atoms. The van der Waals surface area contributed by atoms with Crippen LogP contribution < -0.4 is 14.8 Å². The number of aromatic nitrogens is 2. The summed E-state index contributed by atoms with van der Waals surface area (Å²) in [5, 5.41) is 19.8. The average Bonchev–Trinajstić information content (AvgIpc) is 3.07. The lowest BCUT2D eigenvalue weighted by Crippen LogP contribution is -2.14. The molecule has 9 heteroatoms. The molecule has 1 aromatic heterocycles. The molecular formula is C19H18N4O5. The van der Waals surface area contributed by atoms with Crippen molar-refractivity contribution in [2.24, 2.45) is 0 Å². The molecule has 3 rings (SSSR count). The third-order valence-corrected chi connectivity index (χ3v) is 3.80. The number of aromatic amines is 1. The number of rotatable bonds is 7. The van der Waals surface area contributed by atoms with Gasteiger partial charge in [-0.3, -0.25) is 20.0 Å². The molecule has 0 spiro atoms. The quantitative estimate of drug-likeness (QED) is 0.469. The molecule has 2 aromatic carbocycles. The Bertz CT molecular complexity index is 981. The van der Waals surface area contributed by atoms with Crippen LogP contribution in [0, 0.1) is 17.0 Å². The largest absolute Gasteiger partial charge is 0.494 e. The molecule has 144 valence electrons. The maximum absolute atomic E-state index is 12.3. The van der Waals surface area contributed by atoms with Crippen LogP contribution >= 0.6 is 0 Å². The van der Waals surface area contributed by atoms with Gasteiger partial charge >= 0.3 is 5.69 Å². The van der Waals surface area contributed by atoms with E-state index in [9.17, 15) is 14.9 Å². The summed E-state index contributed by atoms with van der Waals surface area (Å²) in [6.45, 7) is 3.99. The van der Waals surface area contributed by atoms with Crippen LogP contribution in [0.1, 0.15) is 23.1 Å². The third kappa shape index (κ3) is 4.26. The number of aryl methyl sites for hydroxylation is 1. The predicted molar refractivity (Wildman–Crippen MR) is 102 cm³/mol. The molecule has 0 bridgehead atoms. The molecule has 9 nitrogen and oxygen atoms in total. The summed E-state index contributed by atoms with van der Waals surface area (Å²) in [5.41, 5.74) is 0.0680. The fourth-order valence-electron chi connectivity index (χ4n) is 2.51. The normalized spacial score (nSPS) is 10.4.